The standard InChI is InChI=1S/C75H130O6/c1-4-7-10-13-16-19-22-25-28-30-32-34-35-36-37-38-39-41-42-44-47-50-53-56-59-62-65-68-74(77)80-71-72(70-79-73(76)67-64-61-58-55-52-49-46-27-24-21-18-15-12-9-6-3)81-75(78)69-66-63-60-57-54-51-48-45-43-40-33-31-29-26-23-20-17-14-11-8-5-2/h7,10,16,19,25,27-28,31-34,36-37,39,41,46,72H,4-6,8-9,11-15,17-18,20-24,26,29-30,35,38,40,42-45,47-71H2,1-3H3/b10-7-,19-16-,28-25-,33-31-,34-32-,37-36-,41-39-,46-27-. The minimum absolute atomic E-state index is 0.0834. The van der Waals surface area contributed by atoms with E-state index in [0.29, 0.717) is 19.3 Å². The van der Waals surface area contributed by atoms with Gasteiger partial charge in [-0.25, -0.2) is 0 Å². The van der Waals surface area contributed by atoms with Crippen molar-refractivity contribution < 1.29 is 28.6 Å². The second kappa shape index (κ2) is 68.8. The van der Waals surface area contributed by atoms with E-state index < -0.39 is 6.10 Å². The highest BCUT2D eigenvalue weighted by atomic mass is 16.6. The Balaban J connectivity index is 4.36. The maximum atomic E-state index is 13.0. The molecule has 0 amide bonds. The number of hydrogen-bond donors (Lipinski definition) is 0. The average molecular weight is 1130 g/mol. The summed E-state index contributed by atoms with van der Waals surface area (Å²) in [5.74, 6) is -0.887. The summed E-state index contributed by atoms with van der Waals surface area (Å²) in [4.78, 5) is 38.4. The fraction of sp³-hybridized carbons (Fsp3) is 0.747. The Morgan fingerprint density at radius 2 is 0.481 bits per heavy atom. The molecule has 1 atom stereocenters. The number of hydrogen-bond acceptors (Lipinski definition) is 6. The summed E-state index contributed by atoms with van der Waals surface area (Å²) >= 11 is 0. The molecular weight excluding hydrogens is 997 g/mol. The van der Waals surface area contributed by atoms with E-state index in [-0.39, 0.29) is 31.1 Å². The zero-order valence-electron chi connectivity index (χ0n) is 53.5. The van der Waals surface area contributed by atoms with E-state index in [9.17, 15) is 14.4 Å². The predicted octanol–water partition coefficient (Wildman–Crippen LogP) is 24.0. The first kappa shape index (κ1) is 77.3. The molecule has 0 aliphatic rings. The van der Waals surface area contributed by atoms with E-state index in [1.54, 1.807) is 0 Å². The molecule has 6 nitrogen and oxygen atoms in total. The Morgan fingerprint density at radius 1 is 0.259 bits per heavy atom. The van der Waals surface area contributed by atoms with Crippen molar-refractivity contribution in [3.63, 3.8) is 0 Å². The van der Waals surface area contributed by atoms with Crippen LogP contribution < -0.4 is 0 Å². The topological polar surface area (TPSA) is 78.9 Å². The smallest absolute Gasteiger partial charge is 0.306 e. The van der Waals surface area contributed by atoms with Crippen LogP contribution in [0.25, 0.3) is 0 Å². The third-order valence-corrected chi connectivity index (χ3v) is 15.0. The number of allylic oxidation sites excluding steroid dienone is 16. The number of carbonyl (C=O) groups is 3. The van der Waals surface area contributed by atoms with Gasteiger partial charge in [-0.15, -0.1) is 0 Å². The summed E-state index contributed by atoms with van der Waals surface area (Å²) in [6, 6.07) is 0. The van der Waals surface area contributed by atoms with Crippen molar-refractivity contribution in [1.82, 2.24) is 0 Å². The van der Waals surface area contributed by atoms with Crippen LogP contribution >= 0.6 is 0 Å². The number of rotatable bonds is 63. The largest absolute Gasteiger partial charge is 0.462 e. The molecule has 0 aromatic carbocycles. The van der Waals surface area contributed by atoms with Crippen LogP contribution in [0.2, 0.25) is 0 Å². The number of ether oxygens (including phenoxy) is 3. The van der Waals surface area contributed by atoms with Crippen LogP contribution in [0, 0.1) is 0 Å². The lowest BCUT2D eigenvalue weighted by Gasteiger charge is -2.18. The van der Waals surface area contributed by atoms with E-state index in [1.165, 1.54) is 193 Å². The third kappa shape index (κ3) is 67.0. The van der Waals surface area contributed by atoms with Crippen molar-refractivity contribution in [2.75, 3.05) is 13.2 Å². The molecule has 0 heterocycles. The van der Waals surface area contributed by atoms with Crippen molar-refractivity contribution in [2.45, 2.75) is 348 Å². The second-order valence-corrected chi connectivity index (χ2v) is 23.1. The van der Waals surface area contributed by atoms with Gasteiger partial charge in [0, 0.05) is 19.3 Å². The van der Waals surface area contributed by atoms with Gasteiger partial charge in [-0.2, -0.15) is 0 Å². The lowest BCUT2D eigenvalue weighted by Crippen LogP contribution is -2.30. The fourth-order valence-corrected chi connectivity index (χ4v) is 9.85. The Morgan fingerprint density at radius 3 is 0.765 bits per heavy atom. The Hall–Kier alpha value is -3.67. The summed E-state index contributed by atoms with van der Waals surface area (Å²) in [7, 11) is 0. The molecule has 466 valence electrons. The summed E-state index contributed by atoms with van der Waals surface area (Å²) in [6.07, 6.45) is 92.8. The molecule has 0 N–H and O–H groups in total. The van der Waals surface area contributed by atoms with E-state index >= 15 is 0 Å². The first-order chi connectivity index (χ1) is 40.0. The van der Waals surface area contributed by atoms with Gasteiger partial charge < -0.3 is 14.2 Å². The molecule has 0 saturated heterocycles. The molecule has 0 bridgehead atoms. The maximum Gasteiger partial charge on any atom is 0.306 e. The molecule has 0 aliphatic heterocycles. The van der Waals surface area contributed by atoms with Gasteiger partial charge in [0.25, 0.3) is 0 Å². The lowest BCUT2D eigenvalue weighted by molar-refractivity contribution is -0.167. The molecule has 0 spiro atoms. The van der Waals surface area contributed by atoms with Crippen LogP contribution in [0.15, 0.2) is 97.2 Å². The van der Waals surface area contributed by atoms with Crippen molar-refractivity contribution in [2.24, 2.45) is 0 Å². The van der Waals surface area contributed by atoms with Crippen molar-refractivity contribution >= 4 is 17.9 Å². The molecule has 1 unspecified atom stereocenters. The zero-order valence-corrected chi connectivity index (χ0v) is 53.5. The van der Waals surface area contributed by atoms with Gasteiger partial charge >= 0.3 is 17.9 Å². The van der Waals surface area contributed by atoms with Crippen molar-refractivity contribution in [3.8, 4) is 0 Å². The van der Waals surface area contributed by atoms with E-state index in [4.69, 9.17) is 14.2 Å². The first-order valence-electron chi connectivity index (χ1n) is 34.7. The highest BCUT2D eigenvalue weighted by molar-refractivity contribution is 5.71. The number of unbranched alkanes of at least 4 members (excludes halogenated alkanes) is 36. The average Bonchev–Trinajstić information content (AvgIpc) is 3.47. The van der Waals surface area contributed by atoms with E-state index in [2.05, 4.69) is 118 Å². The van der Waals surface area contributed by atoms with Crippen LogP contribution in [0.5, 0.6) is 0 Å². The highest BCUT2D eigenvalue weighted by Crippen LogP contribution is 2.16. The molecule has 0 aliphatic carbocycles. The highest BCUT2D eigenvalue weighted by Gasteiger charge is 2.19. The van der Waals surface area contributed by atoms with Crippen molar-refractivity contribution in [1.29, 1.82) is 0 Å². The molecule has 0 saturated carbocycles. The SMILES string of the molecule is CC/C=C\C/C=C\C/C=C\C/C=C\C/C=C\C/C=C\CCCCCCCCCCC(=O)OCC(COC(=O)CCCCCCC/C=C\CCCCCCCC)OC(=O)CCCCCCCCCCC/C=C\CCCCCCCCCC. The number of carbonyl (C=O) groups excluding carboxylic acids is 3. The van der Waals surface area contributed by atoms with Gasteiger partial charge in [-0.3, -0.25) is 14.4 Å². The van der Waals surface area contributed by atoms with Crippen LogP contribution in [-0.2, 0) is 28.6 Å². The number of esters is 3. The molecule has 0 radical (unpaired) electrons. The van der Waals surface area contributed by atoms with Crippen LogP contribution in [0.3, 0.4) is 0 Å². The predicted molar refractivity (Wildman–Crippen MR) is 353 cm³/mol. The Bertz CT molecular complexity index is 1580. The minimum Gasteiger partial charge on any atom is -0.462 e. The Labute approximate surface area is 502 Å². The summed E-state index contributed by atoms with van der Waals surface area (Å²) in [5.41, 5.74) is 0. The van der Waals surface area contributed by atoms with Gasteiger partial charge in [0.2, 0.25) is 0 Å². The monoisotopic (exact) mass is 1130 g/mol. The van der Waals surface area contributed by atoms with Gasteiger partial charge in [-0.1, -0.05) is 298 Å². The van der Waals surface area contributed by atoms with Crippen LogP contribution in [0.1, 0.15) is 342 Å². The van der Waals surface area contributed by atoms with Gasteiger partial charge in [0.15, 0.2) is 6.10 Å². The summed E-state index contributed by atoms with van der Waals surface area (Å²) < 4.78 is 17.0. The second-order valence-electron chi connectivity index (χ2n) is 23.1. The molecule has 0 rings (SSSR count). The molecule has 0 aromatic heterocycles. The molecule has 0 fully saturated rings. The normalized spacial score (nSPS) is 12.7. The Kier molecular flexibility index (Phi) is 65.7. The lowest BCUT2D eigenvalue weighted by atomic mass is 10.1. The summed E-state index contributed by atoms with van der Waals surface area (Å²) in [5, 5.41) is 0. The van der Waals surface area contributed by atoms with Gasteiger partial charge in [-0.05, 0) is 122 Å². The third-order valence-electron chi connectivity index (χ3n) is 15.0. The molecule has 81 heavy (non-hydrogen) atoms. The van der Waals surface area contributed by atoms with Crippen LogP contribution in [0.4, 0.5) is 0 Å². The van der Waals surface area contributed by atoms with Crippen molar-refractivity contribution in [3.05, 3.63) is 97.2 Å². The van der Waals surface area contributed by atoms with Gasteiger partial charge in [0.1, 0.15) is 13.2 Å². The van der Waals surface area contributed by atoms with E-state index in [1.807, 2.05) is 0 Å². The van der Waals surface area contributed by atoms with Crippen LogP contribution in [-0.4, -0.2) is 37.2 Å². The van der Waals surface area contributed by atoms with E-state index in [0.717, 1.165) is 109 Å². The van der Waals surface area contributed by atoms with Gasteiger partial charge in [0.05, 0.1) is 0 Å². The maximum absolute atomic E-state index is 13.0. The molecule has 6 heteroatoms. The molecular formula is C75H130O6. The molecule has 0 aromatic rings. The fourth-order valence-electron chi connectivity index (χ4n) is 9.85. The quantitative estimate of drug-likeness (QED) is 0.0261. The minimum atomic E-state index is -0.788. The zero-order chi connectivity index (χ0) is 58.5. The first-order valence-corrected chi connectivity index (χ1v) is 34.7. The summed E-state index contributed by atoms with van der Waals surface area (Å²) in [6.45, 7) is 6.54.